The average Bonchev–Trinajstić information content (AvgIpc) is 2.83. The fraction of sp³-hybridized carbons (Fsp3) is 0.440. The van der Waals surface area contributed by atoms with E-state index >= 15 is 0 Å². The molecular weight excluding hydrogens is 422 g/mol. The first-order chi connectivity index (χ1) is 15.8. The van der Waals surface area contributed by atoms with Gasteiger partial charge in [0.25, 0.3) is 0 Å². The lowest BCUT2D eigenvalue weighted by Gasteiger charge is -2.58. The Labute approximate surface area is 194 Å². The zero-order chi connectivity index (χ0) is 24.0. The molecule has 6 N–H and O–H groups in total. The van der Waals surface area contributed by atoms with Crippen molar-refractivity contribution in [2.45, 2.75) is 50.0 Å². The Hall–Kier alpha value is -3.10. The molecule has 1 heterocycles. The van der Waals surface area contributed by atoms with E-state index in [1.807, 2.05) is 6.07 Å². The summed E-state index contributed by atoms with van der Waals surface area (Å²) in [6, 6.07) is 15.1. The standard InChI is InChI=1S/C17H23NO.C7H6O2.CH4N2O2/c1-18-9-8-17-7-3-2-4-14(17)16(18)10-12-5-6-13(19)11-15(12)17;8-7(9)6-4-2-1-3-5-6;2-1(4)5-3/h5-6,11,14,16,19H,2-4,7-10H2,1H3;1-5H,(H,8,9);3H2,(H2,2,4)/t14-,16+,17+;;/m0../s1. The molecule has 0 radical (unpaired) electrons. The molecule has 0 aromatic heterocycles. The van der Waals surface area contributed by atoms with Crippen LogP contribution in [0.15, 0.2) is 48.5 Å². The summed E-state index contributed by atoms with van der Waals surface area (Å²) < 4.78 is 0. The number of nitrogens with two attached hydrogens (primary N) is 2. The number of phenolic OH excluding ortho intramolecular Hbond substituents is 1. The molecule has 5 rings (SSSR count). The van der Waals surface area contributed by atoms with Gasteiger partial charge in [-0.05, 0) is 80.6 Å². The topological polar surface area (TPSA) is 139 Å². The number of hydrogen-bond donors (Lipinski definition) is 4. The number of hydrogen-bond acceptors (Lipinski definition) is 6. The number of aromatic hydroxyl groups is 1. The highest BCUT2D eigenvalue weighted by Gasteiger charge is 2.52. The number of nitrogens with zero attached hydrogens (tertiary/aromatic N) is 1. The molecule has 1 saturated carbocycles. The van der Waals surface area contributed by atoms with Crippen LogP contribution in [0.1, 0.15) is 53.6 Å². The van der Waals surface area contributed by atoms with Crippen molar-refractivity contribution in [2.75, 3.05) is 13.6 Å². The second-order valence-corrected chi connectivity index (χ2v) is 8.96. The summed E-state index contributed by atoms with van der Waals surface area (Å²) in [4.78, 5) is 25.4. The van der Waals surface area contributed by atoms with Gasteiger partial charge in [0.05, 0.1) is 5.56 Å². The Morgan fingerprint density at radius 3 is 2.42 bits per heavy atom. The fourth-order valence-corrected chi connectivity index (χ4v) is 5.77. The zero-order valence-electron chi connectivity index (χ0n) is 18.9. The van der Waals surface area contributed by atoms with Crippen molar-refractivity contribution in [2.24, 2.45) is 17.5 Å². The Morgan fingerprint density at radius 2 is 1.82 bits per heavy atom. The van der Waals surface area contributed by atoms with Crippen LogP contribution in [0, 0.1) is 5.92 Å². The number of aromatic carboxylic acids is 1. The van der Waals surface area contributed by atoms with E-state index in [2.05, 4.69) is 40.5 Å². The molecule has 0 unspecified atom stereocenters. The van der Waals surface area contributed by atoms with Crippen LogP contribution < -0.4 is 11.6 Å². The maximum absolute atomic E-state index is 10.2. The Morgan fingerprint density at radius 1 is 1.12 bits per heavy atom. The monoisotopic (exact) mass is 455 g/mol. The van der Waals surface area contributed by atoms with Crippen LogP contribution in [0.2, 0.25) is 0 Å². The lowest BCUT2D eigenvalue weighted by molar-refractivity contribution is 0.00274. The van der Waals surface area contributed by atoms with Crippen LogP contribution in [0.5, 0.6) is 5.75 Å². The molecule has 1 saturated heterocycles. The number of primary amides is 1. The summed E-state index contributed by atoms with van der Waals surface area (Å²) in [5, 5.41) is 18.3. The smallest absolute Gasteiger partial charge is 0.423 e. The number of carbonyl (C=O) groups excluding carboxylic acids is 1. The zero-order valence-corrected chi connectivity index (χ0v) is 18.9. The van der Waals surface area contributed by atoms with Crippen LogP contribution in [-0.2, 0) is 16.7 Å². The first-order valence-electron chi connectivity index (χ1n) is 11.3. The van der Waals surface area contributed by atoms with Crippen molar-refractivity contribution in [1.82, 2.24) is 4.90 Å². The second kappa shape index (κ2) is 10.7. The third-order valence-electron chi connectivity index (χ3n) is 7.23. The number of rotatable bonds is 1. The minimum atomic E-state index is -0.968. The molecule has 3 atom stereocenters. The summed E-state index contributed by atoms with van der Waals surface area (Å²) in [6.07, 6.45) is 6.96. The van der Waals surface area contributed by atoms with Crippen LogP contribution in [0.4, 0.5) is 4.79 Å². The minimum Gasteiger partial charge on any atom is -0.508 e. The van der Waals surface area contributed by atoms with Crippen molar-refractivity contribution >= 4 is 12.1 Å². The number of carboxylic acids is 1. The van der Waals surface area contributed by atoms with Gasteiger partial charge in [-0.2, -0.15) is 5.90 Å². The number of fused-ring (bicyclic) bond motifs is 1. The first-order valence-corrected chi connectivity index (χ1v) is 11.3. The summed E-state index contributed by atoms with van der Waals surface area (Å²) >= 11 is 0. The molecule has 8 nitrogen and oxygen atoms in total. The molecule has 1 aliphatic heterocycles. The lowest BCUT2D eigenvalue weighted by atomic mass is 9.52. The van der Waals surface area contributed by atoms with E-state index in [1.165, 1.54) is 56.2 Å². The molecule has 0 spiro atoms. The van der Waals surface area contributed by atoms with Crippen molar-refractivity contribution < 1.29 is 24.6 Å². The minimum absolute atomic E-state index is 0.331. The number of likely N-dealkylation sites (N-methyl/N-ethyl adjacent to an activating group) is 1. The number of likely N-dealkylation sites (tertiary alicyclic amines) is 1. The van der Waals surface area contributed by atoms with E-state index in [9.17, 15) is 14.7 Å². The van der Waals surface area contributed by atoms with Gasteiger partial charge >= 0.3 is 12.1 Å². The van der Waals surface area contributed by atoms with E-state index in [4.69, 9.17) is 5.11 Å². The number of carbonyl (C=O) groups is 2. The number of piperidine rings is 1. The highest BCUT2D eigenvalue weighted by atomic mass is 16.7. The van der Waals surface area contributed by atoms with Crippen LogP contribution in [-0.4, -0.2) is 46.8 Å². The quantitative estimate of drug-likeness (QED) is 0.483. The molecule has 3 aliphatic rings. The van der Waals surface area contributed by atoms with Gasteiger partial charge < -0.3 is 25.7 Å². The molecule has 1 amide bonds. The molecule has 8 heteroatoms. The van der Waals surface area contributed by atoms with Gasteiger partial charge in [0.1, 0.15) is 5.75 Å². The molecule has 2 aromatic rings. The van der Waals surface area contributed by atoms with Gasteiger partial charge in [-0.1, -0.05) is 37.1 Å². The summed E-state index contributed by atoms with van der Waals surface area (Å²) in [7, 11) is 2.30. The maximum atomic E-state index is 10.2. The number of carboxylic acid groups (broad SMARTS) is 1. The van der Waals surface area contributed by atoms with Crippen molar-refractivity contribution in [1.29, 1.82) is 0 Å². The normalized spacial score (nSPS) is 25.0. The first kappa shape index (κ1) is 24.5. The van der Waals surface area contributed by atoms with Gasteiger partial charge in [-0.25, -0.2) is 9.59 Å². The SMILES string of the molecule is CN1CC[C@]23CCCC[C@H]2[C@H]1Cc1ccc(O)cc13.NOC(N)=O.O=C(O)c1ccccc1. The Balaban J connectivity index is 0.000000183. The Kier molecular flexibility index (Phi) is 7.94. The number of phenols is 1. The maximum Gasteiger partial charge on any atom is 0.423 e. The summed E-state index contributed by atoms with van der Waals surface area (Å²) in [5.74, 6) is 4.59. The van der Waals surface area contributed by atoms with Gasteiger partial charge in [0, 0.05) is 11.5 Å². The van der Waals surface area contributed by atoms with Gasteiger partial charge in [0.15, 0.2) is 0 Å². The fourth-order valence-electron chi connectivity index (χ4n) is 5.77. The van der Waals surface area contributed by atoms with E-state index in [0.29, 0.717) is 16.7 Å². The van der Waals surface area contributed by atoms with Crippen molar-refractivity contribution in [3.05, 3.63) is 65.2 Å². The molecule has 2 aromatic carbocycles. The van der Waals surface area contributed by atoms with E-state index in [-0.39, 0.29) is 0 Å². The van der Waals surface area contributed by atoms with Crippen LogP contribution in [0.3, 0.4) is 0 Å². The van der Waals surface area contributed by atoms with Gasteiger partial charge in [-0.15, -0.1) is 0 Å². The van der Waals surface area contributed by atoms with Gasteiger partial charge in [-0.3, -0.25) is 0 Å². The predicted octanol–water partition coefficient (Wildman–Crippen LogP) is 3.42. The van der Waals surface area contributed by atoms with Crippen LogP contribution >= 0.6 is 0 Å². The third-order valence-corrected chi connectivity index (χ3v) is 7.23. The third kappa shape index (κ3) is 5.46. The van der Waals surface area contributed by atoms with Crippen molar-refractivity contribution in [3.63, 3.8) is 0 Å². The molecule has 178 valence electrons. The second-order valence-electron chi connectivity index (χ2n) is 8.96. The highest BCUT2D eigenvalue weighted by Crippen LogP contribution is 2.55. The lowest BCUT2D eigenvalue weighted by Crippen LogP contribution is -2.59. The summed E-state index contributed by atoms with van der Waals surface area (Å²) in [5.41, 5.74) is 7.99. The van der Waals surface area contributed by atoms with Crippen LogP contribution in [0.25, 0.3) is 0 Å². The Bertz CT molecular complexity index is 968. The summed E-state index contributed by atoms with van der Waals surface area (Å²) in [6.45, 7) is 1.22. The molecule has 2 bridgehead atoms. The highest BCUT2D eigenvalue weighted by molar-refractivity contribution is 5.87. The van der Waals surface area contributed by atoms with Gasteiger partial charge in [0.2, 0.25) is 0 Å². The molecular formula is C25H33N3O5. The molecule has 2 fully saturated rings. The van der Waals surface area contributed by atoms with E-state index in [1.54, 1.807) is 30.3 Å². The molecule has 33 heavy (non-hydrogen) atoms. The predicted molar refractivity (Wildman–Crippen MR) is 125 cm³/mol. The number of amides is 1. The average molecular weight is 456 g/mol. The molecule has 2 aliphatic carbocycles. The van der Waals surface area contributed by atoms with E-state index in [0.717, 1.165) is 12.0 Å². The number of benzene rings is 2. The van der Waals surface area contributed by atoms with Crippen molar-refractivity contribution in [3.8, 4) is 5.75 Å². The van der Waals surface area contributed by atoms with E-state index < -0.39 is 12.1 Å². The largest absolute Gasteiger partial charge is 0.508 e.